The zero-order valence-corrected chi connectivity index (χ0v) is 33.6. The summed E-state index contributed by atoms with van der Waals surface area (Å²) in [5, 5.41) is 5.33. The maximum atomic E-state index is 12.6. The smallest absolute Gasteiger partial charge is 0.329 e. The molecule has 10 heteroatoms. The number of unbranched alkanes of at least 4 members (excludes halogenated alkanes) is 21. The van der Waals surface area contributed by atoms with Crippen molar-refractivity contribution in [3.05, 3.63) is 0 Å². The Balaban J connectivity index is 4.15. The van der Waals surface area contributed by atoms with Crippen molar-refractivity contribution in [2.45, 2.75) is 220 Å². The summed E-state index contributed by atoms with van der Waals surface area (Å²) < 4.78 is 10.6. The highest BCUT2D eigenvalue weighted by atomic mass is 16.5. The van der Waals surface area contributed by atoms with Crippen molar-refractivity contribution in [3.8, 4) is 0 Å². The molecule has 0 aromatic heterocycles. The van der Waals surface area contributed by atoms with Crippen LogP contribution >= 0.6 is 0 Å². The summed E-state index contributed by atoms with van der Waals surface area (Å²) >= 11 is 0. The number of rotatable bonds is 37. The van der Waals surface area contributed by atoms with Crippen molar-refractivity contribution in [3.63, 3.8) is 0 Å². The van der Waals surface area contributed by atoms with Gasteiger partial charge in [-0.2, -0.15) is 0 Å². The molecular formula is C42H76N2O8. The lowest BCUT2D eigenvalue weighted by Gasteiger charge is -2.17. The van der Waals surface area contributed by atoms with Gasteiger partial charge in [0.1, 0.15) is 11.8 Å². The van der Waals surface area contributed by atoms with Gasteiger partial charge in [0, 0.05) is 19.3 Å². The normalized spacial score (nSPS) is 12.2. The van der Waals surface area contributed by atoms with Crippen LogP contribution in [-0.4, -0.2) is 60.6 Å². The van der Waals surface area contributed by atoms with Crippen LogP contribution in [0.1, 0.15) is 207 Å². The maximum absolute atomic E-state index is 12.6. The molecule has 0 bridgehead atoms. The number of amides is 2. The monoisotopic (exact) mass is 737 g/mol. The lowest BCUT2D eigenvalue weighted by atomic mass is 10.0. The highest BCUT2D eigenvalue weighted by Crippen LogP contribution is 2.14. The zero-order chi connectivity index (χ0) is 38.7. The number of hydrogen-bond donors (Lipinski definition) is 2. The van der Waals surface area contributed by atoms with Crippen molar-refractivity contribution >= 4 is 35.3 Å². The summed E-state index contributed by atoms with van der Waals surface area (Å²) in [6.45, 7) is 7.28. The van der Waals surface area contributed by atoms with Crippen LogP contribution in [0.15, 0.2) is 0 Å². The van der Waals surface area contributed by atoms with Crippen molar-refractivity contribution in [1.82, 2.24) is 10.6 Å². The highest BCUT2D eigenvalue weighted by molar-refractivity contribution is 5.91. The average molecular weight is 737 g/mol. The summed E-state index contributed by atoms with van der Waals surface area (Å²) in [6.07, 6.45) is 27.1. The molecule has 0 radical (unpaired) electrons. The molecule has 0 aromatic carbocycles. The van der Waals surface area contributed by atoms with Gasteiger partial charge in [0.2, 0.25) is 11.8 Å². The first-order valence-electron chi connectivity index (χ1n) is 21.0. The number of carbonyl (C=O) groups is 6. The van der Waals surface area contributed by atoms with Gasteiger partial charge in [-0.05, 0) is 39.5 Å². The third-order valence-corrected chi connectivity index (χ3v) is 9.37. The van der Waals surface area contributed by atoms with Crippen molar-refractivity contribution in [2.24, 2.45) is 0 Å². The topological polar surface area (TPSA) is 145 Å². The summed E-state index contributed by atoms with van der Waals surface area (Å²) in [4.78, 5) is 73.6. The van der Waals surface area contributed by atoms with E-state index in [1.54, 1.807) is 0 Å². The Morgan fingerprint density at radius 1 is 0.442 bits per heavy atom. The van der Waals surface area contributed by atoms with Crippen LogP contribution in [0.4, 0.5) is 0 Å². The van der Waals surface area contributed by atoms with Crippen LogP contribution in [0, 0.1) is 0 Å². The van der Waals surface area contributed by atoms with Gasteiger partial charge in [0.15, 0.2) is 5.78 Å². The van der Waals surface area contributed by atoms with E-state index < -0.39 is 24.0 Å². The zero-order valence-electron chi connectivity index (χ0n) is 33.6. The number of nitrogens with one attached hydrogen (secondary N) is 2. The minimum Gasteiger partial charge on any atom is -0.466 e. The summed E-state index contributed by atoms with van der Waals surface area (Å²) in [5.41, 5.74) is 0. The second-order valence-corrected chi connectivity index (χ2v) is 14.6. The maximum Gasteiger partial charge on any atom is 0.329 e. The van der Waals surface area contributed by atoms with Gasteiger partial charge in [0.05, 0.1) is 25.7 Å². The van der Waals surface area contributed by atoms with Crippen LogP contribution in [0.3, 0.4) is 0 Å². The van der Waals surface area contributed by atoms with Crippen molar-refractivity contribution in [1.29, 1.82) is 0 Å². The van der Waals surface area contributed by atoms with Crippen LogP contribution in [0.5, 0.6) is 0 Å². The molecule has 0 rings (SSSR count). The first kappa shape index (κ1) is 49.2. The Hall–Kier alpha value is -2.78. The lowest BCUT2D eigenvalue weighted by molar-refractivity contribution is -0.150. The fourth-order valence-corrected chi connectivity index (χ4v) is 6.10. The fraction of sp³-hybridized carbons (Fsp3) is 0.857. The number of ketones is 2. The molecule has 302 valence electrons. The molecule has 0 fully saturated rings. The predicted molar refractivity (Wildman–Crippen MR) is 208 cm³/mol. The van der Waals surface area contributed by atoms with E-state index in [-0.39, 0.29) is 49.4 Å². The van der Waals surface area contributed by atoms with Crippen LogP contribution in [-0.2, 0) is 38.2 Å². The molecule has 2 unspecified atom stereocenters. The minimum absolute atomic E-state index is 0.0461. The molecule has 0 spiro atoms. The Morgan fingerprint density at radius 2 is 0.808 bits per heavy atom. The summed E-state index contributed by atoms with van der Waals surface area (Å²) in [5.74, 6) is -2.28. The predicted octanol–water partition coefficient (Wildman–Crippen LogP) is 9.18. The molecule has 0 heterocycles. The van der Waals surface area contributed by atoms with Gasteiger partial charge in [-0.1, -0.05) is 142 Å². The van der Waals surface area contributed by atoms with Gasteiger partial charge >= 0.3 is 11.9 Å². The molecule has 0 aliphatic heterocycles. The van der Waals surface area contributed by atoms with Gasteiger partial charge in [-0.3, -0.25) is 24.0 Å². The van der Waals surface area contributed by atoms with Gasteiger partial charge in [0.25, 0.3) is 0 Å². The standard InChI is InChI=1S/C42H76N2O8/c1-5-7-9-11-13-15-17-19-21-23-25-29-39(47)43-37(36(4)46)34-41(49)51-31-27-28-32-52-42(50)38(33-35(3)45)44-40(48)30-26-24-22-20-18-16-14-12-10-8-6-2/h37-38H,5-34H2,1-4H3,(H,43,47)(H,44,48). The molecule has 0 aliphatic carbocycles. The second-order valence-electron chi connectivity index (χ2n) is 14.6. The number of ether oxygens (including phenoxy) is 2. The van der Waals surface area contributed by atoms with E-state index >= 15 is 0 Å². The Bertz CT molecular complexity index is 970. The molecule has 0 saturated heterocycles. The summed E-state index contributed by atoms with van der Waals surface area (Å²) in [6, 6.07) is -1.94. The molecular weight excluding hydrogens is 660 g/mol. The third kappa shape index (κ3) is 31.9. The third-order valence-electron chi connectivity index (χ3n) is 9.37. The number of Topliss-reactive ketones (excluding diaryl/α,β-unsaturated/α-hetero) is 2. The van der Waals surface area contributed by atoms with Crippen molar-refractivity contribution < 1.29 is 38.2 Å². The first-order chi connectivity index (χ1) is 25.1. The lowest BCUT2D eigenvalue weighted by Crippen LogP contribution is -2.43. The quantitative estimate of drug-likeness (QED) is 0.0475. The Labute approximate surface area is 316 Å². The second kappa shape index (κ2) is 35.3. The van der Waals surface area contributed by atoms with Crippen LogP contribution < -0.4 is 10.6 Å². The Kier molecular flexibility index (Phi) is 33.4. The van der Waals surface area contributed by atoms with E-state index in [1.807, 2.05) is 0 Å². The largest absolute Gasteiger partial charge is 0.466 e. The van der Waals surface area contributed by atoms with E-state index in [4.69, 9.17) is 9.47 Å². The molecule has 0 aliphatic rings. The van der Waals surface area contributed by atoms with Crippen LogP contribution in [0.2, 0.25) is 0 Å². The van der Waals surface area contributed by atoms with Gasteiger partial charge in [-0.15, -0.1) is 0 Å². The molecule has 2 atom stereocenters. The van der Waals surface area contributed by atoms with E-state index in [0.29, 0.717) is 25.7 Å². The van der Waals surface area contributed by atoms with Gasteiger partial charge in [-0.25, -0.2) is 4.79 Å². The fourth-order valence-electron chi connectivity index (χ4n) is 6.10. The minimum atomic E-state index is -1.02. The van der Waals surface area contributed by atoms with E-state index in [2.05, 4.69) is 24.5 Å². The Morgan fingerprint density at radius 3 is 1.19 bits per heavy atom. The van der Waals surface area contributed by atoms with E-state index in [9.17, 15) is 28.8 Å². The summed E-state index contributed by atoms with van der Waals surface area (Å²) in [7, 11) is 0. The number of carbonyl (C=O) groups excluding carboxylic acids is 6. The molecule has 0 saturated carbocycles. The highest BCUT2D eigenvalue weighted by Gasteiger charge is 2.24. The van der Waals surface area contributed by atoms with E-state index in [0.717, 1.165) is 38.5 Å². The molecule has 0 aromatic rings. The SMILES string of the molecule is CCCCCCCCCCCCCC(=O)NC(CC(=O)OCCCCOC(=O)C(CC(C)=O)NC(=O)CCCCCCCCCCCCC)C(C)=O. The number of esters is 2. The van der Waals surface area contributed by atoms with Crippen LogP contribution in [0.25, 0.3) is 0 Å². The first-order valence-corrected chi connectivity index (χ1v) is 21.0. The van der Waals surface area contributed by atoms with Gasteiger partial charge < -0.3 is 20.1 Å². The average Bonchev–Trinajstić information content (AvgIpc) is 3.10. The molecule has 2 amide bonds. The molecule has 10 nitrogen and oxygen atoms in total. The van der Waals surface area contributed by atoms with E-state index in [1.165, 1.54) is 117 Å². The molecule has 2 N–H and O–H groups in total. The van der Waals surface area contributed by atoms with Crippen molar-refractivity contribution in [2.75, 3.05) is 13.2 Å². The molecule has 52 heavy (non-hydrogen) atoms. The number of hydrogen-bond acceptors (Lipinski definition) is 8.